The topological polar surface area (TPSA) is 77.5 Å². The van der Waals surface area contributed by atoms with Crippen LogP contribution in [0, 0.1) is 12.7 Å². The number of primary amides is 1. The number of nitrogens with one attached hydrogen (secondary N) is 1. The van der Waals surface area contributed by atoms with Gasteiger partial charge in [0.1, 0.15) is 29.5 Å². The van der Waals surface area contributed by atoms with Crippen LogP contribution >= 0.6 is 0 Å². The molecule has 3 aromatic rings. The number of aryl methyl sites for hydroxylation is 1. The molecule has 1 aliphatic rings. The average Bonchev–Trinajstić information content (AvgIpc) is 3.03. The average molecular weight is 418 g/mol. The Labute approximate surface area is 171 Å². The predicted molar refractivity (Wildman–Crippen MR) is 105 cm³/mol. The number of alkyl halides is 2. The molecule has 8 heteroatoms. The lowest BCUT2D eigenvalue weighted by Crippen LogP contribution is -2.44. The van der Waals surface area contributed by atoms with E-state index in [1.807, 2.05) is 0 Å². The molecular formula is C22H21F3N2O3. The molecule has 158 valence electrons. The van der Waals surface area contributed by atoms with E-state index in [0.717, 1.165) is 0 Å². The van der Waals surface area contributed by atoms with Crippen LogP contribution in [0.3, 0.4) is 0 Å². The maximum absolute atomic E-state index is 14.9. The third kappa shape index (κ3) is 3.52. The standard InChI is InChI=1S/C22H21F3N2O3/c1-12-18(21(26)28)20-17(30-12)7-6-16(29-10-13-4-2-3-5-15(13)23)19(20)14-8-9-27-11-22(14,24)25/h2-7,14,27H,8-11H2,1H3,(H2,26,28). The summed E-state index contributed by atoms with van der Waals surface area (Å²) in [6.45, 7) is 1.30. The molecule has 1 unspecified atom stereocenters. The van der Waals surface area contributed by atoms with Crippen molar-refractivity contribution in [2.75, 3.05) is 13.1 Å². The number of carbonyl (C=O) groups is 1. The summed E-state index contributed by atoms with van der Waals surface area (Å²) in [5.74, 6) is -5.11. The molecule has 5 nitrogen and oxygen atoms in total. The quantitative estimate of drug-likeness (QED) is 0.649. The monoisotopic (exact) mass is 418 g/mol. The summed E-state index contributed by atoms with van der Waals surface area (Å²) in [5, 5.41) is 2.93. The van der Waals surface area contributed by atoms with Crippen molar-refractivity contribution in [3.8, 4) is 5.75 Å². The van der Waals surface area contributed by atoms with E-state index in [-0.39, 0.29) is 46.6 Å². The number of ether oxygens (including phenoxy) is 1. The number of carbonyl (C=O) groups excluding carboxylic acids is 1. The molecule has 2 heterocycles. The Morgan fingerprint density at radius 2 is 2.07 bits per heavy atom. The van der Waals surface area contributed by atoms with Crippen molar-refractivity contribution in [2.45, 2.75) is 31.8 Å². The Hall–Kier alpha value is -3.00. The molecule has 1 saturated heterocycles. The second-order valence-electron chi connectivity index (χ2n) is 7.41. The van der Waals surface area contributed by atoms with Crippen molar-refractivity contribution in [3.63, 3.8) is 0 Å². The molecule has 1 atom stereocenters. The van der Waals surface area contributed by atoms with Crippen LogP contribution < -0.4 is 15.8 Å². The molecule has 3 N–H and O–H groups in total. The molecule has 1 aromatic heterocycles. The number of rotatable bonds is 5. The Morgan fingerprint density at radius 1 is 1.30 bits per heavy atom. The lowest BCUT2D eigenvalue weighted by molar-refractivity contribution is -0.0423. The third-order valence-electron chi connectivity index (χ3n) is 5.45. The van der Waals surface area contributed by atoms with Crippen molar-refractivity contribution in [1.82, 2.24) is 5.32 Å². The fraction of sp³-hybridized carbons (Fsp3) is 0.318. The molecule has 1 aliphatic heterocycles. The predicted octanol–water partition coefficient (Wildman–Crippen LogP) is 4.27. The number of benzene rings is 2. The van der Waals surface area contributed by atoms with Crippen molar-refractivity contribution >= 4 is 16.9 Å². The van der Waals surface area contributed by atoms with Gasteiger partial charge in [0.25, 0.3) is 11.8 Å². The Bertz CT molecular complexity index is 1110. The van der Waals surface area contributed by atoms with Crippen LogP contribution in [0.2, 0.25) is 0 Å². The largest absolute Gasteiger partial charge is 0.488 e. The summed E-state index contributed by atoms with van der Waals surface area (Å²) < 4.78 is 55.3. The highest BCUT2D eigenvalue weighted by atomic mass is 19.3. The molecule has 0 aliphatic carbocycles. The zero-order chi connectivity index (χ0) is 21.5. The van der Waals surface area contributed by atoms with Gasteiger partial charge in [-0.2, -0.15) is 0 Å². The van der Waals surface area contributed by atoms with Crippen LogP contribution in [0.25, 0.3) is 11.0 Å². The molecule has 4 rings (SSSR count). The highest BCUT2D eigenvalue weighted by molar-refractivity contribution is 6.08. The molecule has 1 amide bonds. The van der Waals surface area contributed by atoms with E-state index in [2.05, 4.69) is 5.32 Å². The number of furan rings is 1. The maximum atomic E-state index is 14.9. The van der Waals surface area contributed by atoms with Gasteiger partial charge in [-0.1, -0.05) is 18.2 Å². The summed E-state index contributed by atoms with van der Waals surface area (Å²) in [6, 6.07) is 9.15. The van der Waals surface area contributed by atoms with Gasteiger partial charge in [-0.3, -0.25) is 4.79 Å². The molecule has 0 saturated carbocycles. The molecule has 0 radical (unpaired) electrons. The smallest absolute Gasteiger partial charge is 0.267 e. The van der Waals surface area contributed by atoms with Crippen LogP contribution in [0.15, 0.2) is 40.8 Å². The van der Waals surface area contributed by atoms with Crippen LogP contribution in [-0.4, -0.2) is 24.9 Å². The van der Waals surface area contributed by atoms with Gasteiger partial charge in [0, 0.05) is 16.5 Å². The fourth-order valence-electron chi connectivity index (χ4n) is 4.05. The van der Waals surface area contributed by atoms with Crippen molar-refractivity contribution in [3.05, 3.63) is 64.7 Å². The van der Waals surface area contributed by atoms with Gasteiger partial charge in [-0.05, 0) is 38.1 Å². The summed E-state index contributed by atoms with van der Waals surface area (Å²) in [5.41, 5.74) is 6.34. The van der Waals surface area contributed by atoms with Crippen LogP contribution in [0.1, 0.15) is 39.6 Å². The molecule has 0 bridgehead atoms. The van der Waals surface area contributed by atoms with Gasteiger partial charge in [0.15, 0.2) is 0 Å². The lowest BCUT2D eigenvalue weighted by Gasteiger charge is -2.33. The van der Waals surface area contributed by atoms with Gasteiger partial charge in [-0.25, -0.2) is 13.2 Å². The van der Waals surface area contributed by atoms with Gasteiger partial charge in [0.2, 0.25) is 0 Å². The minimum atomic E-state index is -3.08. The number of hydrogen-bond acceptors (Lipinski definition) is 4. The number of halogens is 3. The van der Waals surface area contributed by atoms with Crippen molar-refractivity contribution < 1.29 is 27.1 Å². The Kier molecular flexibility index (Phi) is 5.19. The minimum Gasteiger partial charge on any atom is -0.488 e. The summed E-state index contributed by atoms with van der Waals surface area (Å²) in [4.78, 5) is 12.1. The SMILES string of the molecule is Cc1oc2ccc(OCc3ccccc3F)c(C3CCNCC3(F)F)c2c1C(N)=O. The van der Waals surface area contributed by atoms with E-state index in [4.69, 9.17) is 14.9 Å². The first-order valence-electron chi connectivity index (χ1n) is 9.60. The van der Waals surface area contributed by atoms with E-state index in [1.54, 1.807) is 31.2 Å². The number of fused-ring (bicyclic) bond motifs is 1. The maximum Gasteiger partial charge on any atom is 0.267 e. The zero-order valence-corrected chi connectivity index (χ0v) is 16.3. The van der Waals surface area contributed by atoms with E-state index in [9.17, 15) is 18.0 Å². The summed E-state index contributed by atoms with van der Waals surface area (Å²) in [6.07, 6.45) is 0.130. The summed E-state index contributed by atoms with van der Waals surface area (Å²) in [7, 11) is 0. The van der Waals surface area contributed by atoms with Gasteiger partial charge < -0.3 is 20.2 Å². The van der Waals surface area contributed by atoms with Crippen LogP contribution in [-0.2, 0) is 6.61 Å². The number of hydrogen-bond donors (Lipinski definition) is 2. The van der Waals surface area contributed by atoms with Gasteiger partial charge in [-0.15, -0.1) is 0 Å². The molecule has 30 heavy (non-hydrogen) atoms. The second-order valence-corrected chi connectivity index (χ2v) is 7.41. The highest BCUT2D eigenvalue weighted by Gasteiger charge is 2.45. The number of nitrogens with two attached hydrogens (primary N) is 1. The van der Waals surface area contributed by atoms with E-state index in [1.165, 1.54) is 12.1 Å². The first-order chi connectivity index (χ1) is 14.3. The first kappa shape index (κ1) is 20.3. The molecule has 1 fully saturated rings. The molecular weight excluding hydrogens is 397 g/mol. The van der Waals surface area contributed by atoms with Crippen LogP contribution in [0.4, 0.5) is 13.2 Å². The van der Waals surface area contributed by atoms with Crippen molar-refractivity contribution in [1.29, 1.82) is 0 Å². The Balaban J connectivity index is 1.88. The third-order valence-corrected chi connectivity index (χ3v) is 5.45. The second kappa shape index (κ2) is 7.68. The van der Waals surface area contributed by atoms with Gasteiger partial charge >= 0.3 is 0 Å². The number of amides is 1. The van der Waals surface area contributed by atoms with Gasteiger partial charge in [0.05, 0.1) is 18.0 Å². The molecule has 0 spiro atoms. The zero-order valence-electron chi connectivity index (χ0n) is 16.3. The first-order valence-corrected chi connectivity index (χ1v) is 9.60. The van der Waals surface area contributed by atoms with E-state index < -0.39 is 30.1 Å². The fourth-order valence-corrected chi connectivity index (χ4v) is 4.05. The van der Waals surface area contributed by atoms with E-state index >= 15 is 0 Å². The van der Waals surface area contributed by atoms with Crippen molar-refractivity contribution in [2.24, 2.45) is 5.73 Å². The van der Waals surface area contributed by atoms with Crippen LogP contribution in [0.5, 0.6) is 5.75 Å². The highest BCUT2D eigenvalue weighted by Crippen LogP contribution is 2.47. The van der Waals surface area contributed by atoms with E-state index in [0.29, 0.717) is 12.1 Å². The minimum absolute atomic E-state index is 0.0608. The number of piperidine rings is 1. The Morgan fingerprint density at radius 3 is 2.77 bits per heavy atom. The summed E-state index contributed by atoms with van der Waals surface area (Å²) >= 11 is 0. The normalized spacial score (nSPS) is 18.5. The lowest BCUT2D eigenvalue weighted by atomic mass is 9.83. The molecule has 2 aromatic carbocycles.